The lowest BCUT2D eigenvalue weighted by molar-refractivity contribution is 0.564. The summed E-state index contributed by atoms with van der Waals surface area (Å²) in [6.07, 6.45) is 0.504. The van der Waals surface area contributed by atoms with Gasteiger partial charge in [-0.2, -0.15) is 0 Å². The number of halogens is 3. The van der Waals surface area contributed by atoms with Gasteiger partial charge in [0.15, 0.2) is 0 Å². The van der Waals surface area contributed by atoms with Gasteiger partial charge in [-0.25, -0.2) is 13.2 Å². The zero-order valence-corrected chi connectivity index (χ0v) is 10.3. The Morgan fingerprint density at radius 1 is 0.842 bits per heavy atom. The molecule has 2 rings (SSSR count). The maximum atomic E-state index is 13.3. The van der Waals surface area contributed by atoms with E-state index in [2.05, 4.69) is 5.32 Å². The third-order valence-corrected chi connectivity index (χ3v) is 2.85. The number of rotatable bonds is 5. The minimum Gasteiger partial charge on any atom is -0.312 e. The Morgan fingerprint density at radius 2 is 1.58 bits per heavy atom. The van der Waals surface area contributed by atoms with Crippen LogP contribution < -0.4 is 5.32 Å². The molecule has 0 radical (unpaired) electrons. The molecule has 0 unspecified atom stereocenters. The predicted molar refractivity (Wildman–Crippen MR) is 68.2 cm³/mol. The van der Waals surface area contributed by atoms with Crippen molar-refractivity contribution in [2.75, 3.05) is 6.54 Å². The smallest absolute Gasteiger partial charge is 0.127 e. The molecule has 0 aromatic heterocycles. The van der Waals surface area contributed by atoms with E-state index in [1.54, 1.807) is 18.2 Å². The molecular weight excluding hydrogens is 251 g/mol. The summed E-state index contributed by atoms with van der Waals surface area (Å²) >= 11 is 0. The molecule has 2 aromatic carbocycles. The summed E-state index contributed by atoms with van der Waals surface area (Å²) in [5.41, 5.74) is 0.878. The second kappa shape index (κ2) is 6.38. The minimum absolute atomic E-state index is 0.220. The summed E-state index contributed by atoms with van der Waals surface area (Å²) < 4.78 is 39.6. The van der Waals surface area contributed by atoms with E-state index in [1.165, 1.54) is 6.07 Å². The van der Waals surface area contributed by atoms with Crippen LogP contribution in [-0.2, 0) is 13.0 Å². The molecule has 0 heterocycles. The average molecular weight is 265 g/mol. The molecule has 100 valence electrons. The van der Waals surface area contributed by atoms with E-state index in [0.29, 0.717) is 18.5 Å². The number of hydrogen-bond acceptors (Lipinski definition) is 1. The van der Waals surface area contributed by atoms with Crippen molar-refractivity contribution >= 4 is 0 Å². The Hall–Kier alpha value is -1.81. The fourth-order valence-electron chi connectivity index (χ4n) is 1.83. The Balaban J connectivity index is 1.84. The topological polar surface area (TPSA) is 12.0 Å². The zero-order valence-electron chi connectivity index (χ0n) is 10.3. The Labute approximate surface area is 110 Å². The molecule has 0 amide bonds. The first-order chi connectivity index (χ1) is 9.16. The minimum atomic E-state index is -0.465. The number of benzene rings is 2. The highest BCUT2D eigenvalue weighted by Gasteiger charge is 2.04. The molecule has 0 spiro atoms. The van der Waals surface area contributed by atoms with Crippen molar-refractivity contribution in [1.82, 2.24) is 5.32 Å². The lowest BCUT2D eigenvalue weighted by Gasteiger charge is -2.07. The summed E-state index contributed by atoms with van der Waals surface area (Å²) in [7, 11) is 0. The molecule has 0 saturated carbocycles. The molecule has 0 bridgehead atoms. The fourth-order valence-corrected chi connectivity index (χ4v) is 1.83. The van der Waals surface area contributed by atoms with Gasteiger partial charge < -0.3 is 5.32 Å². The van der Waals surface area contributed by atoms with Crippen LogP contribution in [0.4, 0.5) is 13.2 Å². The normalized spacial score (nSPS) is 10.7. The summed E-state index contributed by atoms with van der Waals surface area (Å²) in [4.78, 5) is 0. The number of nitrogens with one attached hydrogen (secondary N) is 1. The summed E-state index contributed by atoms with van der Waals surface area (Å²) in [5, 5.41) is 2.97. The lowest BCUT2D eigenvalue weighted by Crippen LogP contribution is -2.18. The van der Waals surface area contributed by atoms with Crippen LogP contribution in [0.15, 0.2) is 42.5 Å². The highest BCUT2D eigenvalue weighted by atomic mass is 19.1. The monoisotopic (exact) mass is 265 g/mol. The Morgan fingerprint density at radius 3 is 2.37 bits per heavy atom. The third-order valence-electron chi connectivity index (χ3n) is 2.85. The zero-order chi connectivity index (χ0) is 13.7. The van der Waals surface area contributed by atoms with Gasteiger partial charge in [-0.3, -0.25) is 0 Å². The van der Waals surface area contributed by atoms with Gasteiger partial charge in [0, 0.05) is 12.1 Å². The maximum absolute atomic E-state index is 13.3. The molecule has 0 saturated heterocycles. The molecule has 0 aliphatic carbocycles. The van der Waals surface area contributed by atoms with Crippen LogP contribution in [0.2, 0.25) is 0 Å². The van der Waals surface area contributed by atoms with E-state index in [-0.39, 0.29) is 17.9 Å². The SMILES string of the molecule is Fc1ccc(F)c(CNCCc2ccccc2F)c1. The van der Waals surface area contributed by atoms with E-state index < -0.39 is 11.6 Å². The van der Waals surface area contributed by atoms with Crippen molar-refractivity contribution in [2.45, 2.75) is 13.0 Å². The highest BCUT2D eigenvalue weighted by molar-refractivity contribution is 5.19. The molecule has 0 fully saturated rings. The van der Waals surface area contributed by atoms with E-state index in [4.69, 9.17) is 0 Å². The second-order valence-corrected chi connectivity index (χ2v) is 4.25. The molecule has 1 N–H and O–H groups in total. The first-order valence-electron chi connectivity index (χ1n) is 6.05. The quantitative estimate of drug-likeness (QED) is 0.817. The lowest BCUT2D eigenvalue weighted by atomic mass is 10.1. The van der Waals surface area contributed by atoms with Gasteiger partial charge in [-0.05, 0) is 42.8 Å². The van der Waals surface area contributed by atoms with Crippen LogP contribution in [-0.4, -0.2) is 6.54 Å². The van der Waals surface area contributed by atoms with E-state index in [0.717, 1.165) is 18.2 Å². The molecule has 2 aromatic rings. The van der Waals surface area contributed by atoms with Crippen LogP contribution in [0.3, 0.4) is 0 Å². The van der Waals surface area contributed by atoms with Crippen molar-refractivity contribution in [2.24, 2.45) is 0 Å². The van der Waals surface area contributed by atoms with Crippen LogP contribution in [0.1, 0.15) is 11.1 Å². The average Bonchev–Trinajstić information content (AvgIpc) is 2.40. The van der Waals surface area contributed by atoms with E-state index in [1.807, 2.05) is 0 Å². The first-order valence-corrected chi connectivity index (χ1v) is 6.05. The molecule has 0 aliphatic heterocycles. The fraction of sp³-hybridized carbons (Fsp3) is 0.200. The molecule has 0 aliphatic rings. The molecule has 4 heteroatoms. The van der Waals surface area contributed by atoms with Gasteiger partial charge in [0.05, 0.1) is 0 Å². The molecular formula is C15H14F3N. The van der Waals surface area contributed by atoms with Gasteiger partial charge in [0.1, 0.15) is 17.5 Å². The standard InChI is InChI=1S/C15H14F3N/c16-13-5-6-15(18)12(9-13)10-19-8-7-11-3-1-2-4-14(11)17/h1-6,9,19H,7-8,10H2. The summed E-state index contributed by atoms with van der Waals surface area (Å²) in [6.45, 7) is 0.717. The van der Waals surface area contributed by atoms with E-state index in [9.17, 15) is 13.2 Å². The molecule has 0 atom stereocenters. The van der Waals surface area contributed by atoms with Crippen LogP contribution >= 0.6 is 0 Å². The largest absolute Gasteiger partial charge is 0.312 e. The van der Waals surface area contributed by atoms with Gasteiger partial charge >= 0.3 is 0 Å². The molecule has 19 heavy (non-hydrogen) atoms. The van der Waals surface area contributed by atoms with Gasteiger partial charge in [0.25, 0.3) is 0 Å². The summed E-state index contributed by atoms with van der Waals surface area (Å²) in [6, 6.07) is 9.85. The van der Waals surface area contributed by atoms with Gasteiger partial charge in [-0.1, -0.05) is 18.2 Å². The van der Waals surface area contributed by atoms with Crippen molar-refractivity contribution in [3.05, 3.63) is 71.0 Å². The Bertz CT molecular complexity index is 555. The maximum Gasteiger partial charge on any atom is 0.127 e. The second-order valence-electron chi connectivity index (χ2n) is 4.25. The Kier molecular flexibility index (Phi) is 4.58. The molecule has 1 nitrogen and oxygen atoms in total. The predicted octanol–water partition coefficient (Wildman–Crippen LogP) is 3.44. The van der Waals surface area contributed by atoms with Crippen LogP contribution in [0.25, 0.3) is 0 Å². The van der Waals surface area contributed by atoms with Crippen LogP contribution in [0.5, 0.6) is 0 Å². The third kappa shape index (κ3) is 3.83. The highest BCUT2D eigenvalue weighted by Crippen LogP contribution is 2.10. The van der Waals surface area contributed by atoms with Gasteiger partial charge in [-0.15, -0.1) is 0 Å². The van der Waals surface area contributed by atoms with Crippen molar-refractivity contribution < 1.29 is 13.2 Å². The van der Waals surface area contributed by atoms with E-state index >= 15 is 0 Å². The summed E-state index contributed by atoms with van der Waals surface area (Å²) in [5.74, 6) is -1.16. The van der Waals surface area contributed by atoms with Crippen molar-refractivity contribution in [3.8, 4) is 0 Å². The van der Waals surface area contributed by atoms with Crippen molar-refractivity contribution in [1.29, 1.82) is 0 Å². The van der Waals surface area contributed by atoms with Crippen LogP contribution in [0, 0.1) is 17.5 Å². The first kappa shape index (κ1) is 13.6. The van der Waals surface area contributed by atoms with Crippen molar-refractivity contribution in [3.63, 3.8) is 0 Å². The van der Waals surface area contributed by atoms with Gasteiger partial charge in [0.2, 0.25) is 0 Å². The number of hydrogen-bond donors (Lipinski definition) is 1.